The van der Waals surface area contributed by atoms with Crippen LogP contribution in [0.2, 0.25) is 5.02 Å². The number of benzene rings is 2. The number of nitrogens with zero attached hydrogens (tertiary/aromatic N) is 1. The lowest BCUT2D eigenvalue weighted by Gasteiger charge is -2.07. The van der Waals surface area contributed by atoms with E-state index >= 15 is 0 Å². The van der Waals surface area contributed by atoms with E-state index in [4.69, 9.17) is 16.4 Å². The van der Waals surface area contributed by atoms with E-state index < -0.39 is 0 Å². The van der Waals surface area contributed by atoms with Crippen molar-refractivity contribution in [2.45, 2.75) is 19.1 Å². The fourth-order valence-corrected chi connectivity index (χ4v) is 2.75. The summed E-state index contributed by atoms with van der Waals surface area (Å²) in [4.78, 5) is 5.46. The van der Waals surface area contributed by atoms with Crippen molar-refractivity contribution in [3.63, 3.8) is 0 Å². The van der Waals surface area contributed by atoms with Crippen molar-refractivity contribution in [1.29, 1.82) is 0 Å². The molecule has 22 heavy (non-hydrogen) atoms. The van der Waals surface area contributed by atoms with E-state index in [-0.39, 0.29) is 11.9 Å². The second-order valence-electron chi connectivity index (χ2n) is 5.31. The zero-order valence-corrected chi connectivity index (χ0v) is 12.8. The normalized spacial score (nSPS) is 17.2. The highest BCUT2D eigenvalue weighted by molar-refractivity contribution is 6.34. The van der Waals surface area contributed by atoms with Crippen molar-refractivity contribution in [1.82, 2.24) is 0 Å². The maximum absolute atomic E-state index is 13.1. The van der Waals surface area contributed by atoms with Crippen LogP contribution in [0.4, 0.5) is 4.39 Å². The summed E-state index contributed by atoms with van der Waals surface area (Å²) in [6.45, 7) is 1.49. The van der Waals surface area contributed by atoms with E-state index in [1.165, 1.54) is 6.07 Å². The van der Waals surface area contributed by atoms with Gasteiger partial charge < -0.3 is 10.2 Å². The van der Waals surface area contributed by atoms with E-state index in [9.17, 15) is 4.39 Å². The molecule has 2 N–H and O–H groups in total. The van der Waals surface area contributed by atoms with Crippen molar-refractivity contribution in [3.05, 3.63) is 70.5 Å². The third-order valence-electron chi connectivity index (χ3n) is 3.62. The number of halogens is 2. The highest BCUT2D eigenvalue weighted by Crippen LogP contribution is 2.22. The van der Waals surface area contributed by atoms with E-state index in [0.717, 1.165) is 36.3 Å². The Morgan fingerprint density at radius 2 is 2.09 bits per heavy atom. The summed E-state index contributed by atoms with van der Waals surface area (Å²) < 4.78 is 13.1. The van der Waals surface area contributed by atoms with Crippen molar-refractivity contribution >= 4 is 17.3 Å². The van der Waals surface area contributed by atoms with Crippen LogP contribution in [0.1, 0.15) is 17.5 Å². The topological polar surface area (TPSA) is 38.2 Å². The number of nitrogens with two attached hydrogens (primary N) is 1. The molecule has 1 heterocycles. The molecule has 0 amide bonds. The number of rotatable bonds is 5. The third-order valence-corrected chi connectivity index (χ3v) is 3.95. The molecule has 2 aromatic carbocycles. The lowest BCUT2D eigenvalue weighted by Crippen LogP contribution is -2.84. The molecule has 0 aromatic heterocycles. The summed E-state index contributed by atoms with van der Waals surface area (Å²) in [6.07, 6.45) is 0.767. The Bertz CT molecular complexity index is 690. The van der Waals surface area contributed by atoms with Gasteiger partial charge in [-0.05, 0) is 18.2 Å². The van der Waals surface area contributed by atoms with Crippen molar-refractivity contribution in [2.24, 2.45) is 5.16 Å². The zero-order chi connectivity index (χ0) is 15.4. The van der Waals surface area contributed by atoms with Crippen molar-refractivity contribution < 1.29 is 14.5 Å². The van der Waals surface area contributed by atoms with Gasteiger partial charge in [-0.2, -0.15) is 0 Å². The number of hydrogen-bond acceptors (Lipinski definition) is 2. The van der Waals surface area contributed by atoms with Crippen LogP contribution >= 0.6 is 11.6 Å². The van der Waals surface area contributed by atoms with E-state index in [2.05, 4.69) is 10.5 Å². The van der Waals surface area contributed by atoms with Crippen molar-refractivity contribution in [3.8, 4) is 0 Å². The smallest absolute Gasteiger partial charge is 0.181 e. The predicted octanol–water partition coefficient (Wildman–Crippen LogP) is 2.74. The third kappa shape index (κ3) is 3.64. The lowest BCUT2D eigenvalue weighted by molar-refractivity contribution is -0.676. The fourth-order valence-electron chi connectivity index (χ4n) is 2.51. The molecule has 0 spiro atoms. The largest absolute Gasteiger partial charge is 0.386 e. The average molecular weight is 320 g/mol. The first kappa shape index (κ1) is 15.0. The summed E-state index contributed by atoms with van der Waals surface area (Å²) in [5.41, 5.74) is 2.77. The van der Waals surface area contributed by atoms with Gasteiger partial charge in [0.15, 0.2) is 6.10 Å². The number of oxime groups is 1. The summed E-state index contributed by atoms with van der Waals surface area (Å²) in [7, 11) is 0. The molecule has 3 rings (SSSR count). The van der Waals surface area contributed by atoms with Gasteiger partial charge >= 0.3 is 0 Å². The van der Waals surface area contributed by atoms with Crippen LogP contribution in [0.3, 0.4) is 0 Å². The molecule has 0 aliphatic carbocycles. The quantitative estimate of drug-likeness (QED) is 0.904. The predicted molar refractivity (Wildman–Crippen MR) is 84.4 cm³/mol. The van der Waals surface area contributed by atoms with Gasteiger partial charge in [-0.1, -0.05) is 47.1 Å². The zero-order valence-electron chi connectivity index (χ0n) is 12.0. The molecule has 0 saturated carbocycles. The van der Waals surface area contributed by atoms with Gasteiger partial charge in [-0.15, -0.1) is 0 Å². The first-order valence-electron chi connectivity index (χ1n) is 7.26. The standard InChI is InChI=1S/C17H16ClFN2O/c18-16-7-2-1-6-15(16)17-9-14(22-21-17)11-20-10-12-4-3-5-13(19)8-12/h1-8,14,20H,9-11H2/p+1/t14-/m0/s1. The number of hydrogen-bond donors (Lipinski definition) is 1. The van der Waals surface area contributed by atoms with Crippen LogP contribution in [0.5, 0.6) is 0 Å². The molecule has 0 bridgehead atoms. The van der Waals surface area contributed by atoms with Gasteiger partial charge in [-0.25, -0.2) is 4.39 Å². The Balaban J connectivity index is 1.50. The second kappa shape index (κ2) is 6.90. The molecule has 0 saturated heterocycles. The SMILES string of the molecule is Fc1cccc(C[NH2+]C[C@@H]2CC(c3ccccc3Cl)=NO2)c1. The van der Waals surface area contributed by atoms with Gasteiger partial charge in [0, 0.05) is 22.6 Å². The molecule has 2 aromatic rings. The summed E-state index contributed by atoms with van der Waals surface area (Å²) in [5.74, 6) is -0.202. The molecule has 114 valence electrons. The maximum Gasteiger partial charge on any atom is 0.181 e. The van der Waals surface area contributed by atoms with Gasteiger partial charge in [0.05, 0.1) is 5.71 Å². The molecule has 1 aliphatic rings. The van der Waals surface area contributed by atoms with Crippen LogP contribution in [0.15, 0.2) is 53.7 Å². The van der Waals surface area contributed by atoms with Gasteiger partial charge in [0.1, 0.15) is 18.9 Å². The van der Waals surface area contributed by atoms with Crippen molar-refractivity contribution in [2.75, 3.05) is 6.54 Å². The Hall–Kier alpha value is -1.91. The number of quaternary nitrogens is 1. The van der Waals surface area contributed by atoms with E-state index in [0.29, 0.717) is 5.02 Å². The van der Waals surface area contributed by atoms with Gasteiger partial charge in [0.25, 0.3) is 0 Å². The first-order valence-corrected chi connectivity index (χ1v) is 7.64. The molecular formula is C17H17ClFN2O+. The summed E-state index contributed by atoms with van der Waals surface area (Å²) in [6, 6.07) is 14.3. The molecule has 1 aliphatic heterocycles. The summed E-state index contributed by atoms with van der Waals surface area (Å²) in [5, 5.41) is 6.93. The monoisotopic (exact) mass is 319 g/mol. The van der Waals surface area contributed by atoms with Gasteiger partial charge in [0.2, 0.25) is 0 Å². The molecular weight excluding hydrogens is 303 g/mol. The Kier molecular flexibility index (Phi) is 4.71. The molecule has 0 radical (unpaired) electrons. The minimum Gasteiger partial charge on any atom is -0.386 e. The van der Waals surface area contributed by atoms with Crippen LogP contribution in [-0.2, 0) is 11.4 Å². The second-order valence-corrected chi connectivity index (χ2v) is 5.71. The molecule has 5 heteroatoms. The lowest BCUT2D eigenvalue weighted by atomic mass is 10.0. The maximum atomic E-state index is 13.1. The Morgan fingerprint density at radius 3 is 2.91 bits per heavy atom. The first-order chi connectivity index (χ1) is 10.7. The van der Waals surface area contributed by atoms with Crippen LogP contribution < -0.4 is 5.32 Å². The minimum absolute atomic E-state index is 0.0276. The molecule has 0 unspecified atom stereocenters. The molecule has 1 atom stereocenters. The molecule has 3 nitrogen and oxygen atoms in total. The van der Waals surface area contributed by atoms with Crippen LogP contribution in [-0.4, -0.2) is 18.4 Å². The highest BCUT2D eigenvalue weighted by Gasteiger charge is 2.24. The van der Waals surface area contributed by atoms with Crippen LogP contribution in [0, 0.1) is 5.82 Å². The van der Waals surface area contributed by atoms with E-state index in [1.807, 2.05) is 30.3 Å². The minimum atomic E-state index is -0.202. The van der Waals surface area contributed by atoms with Gasteiger partial charge in [-0.3, -0.25) is 0 Å². The van der Waals surface area contributed by atoms with Crippen LogP contribution in [0.25, 0.3) is 0 Å². The Labute approximate surface area is 133 Å². The summed E-state index contributed by atoms with van der Waals surface area (Å²) >= 11 is 6.17. The highest BCUT2D eigenvalue weighted by atomic mass is 35.5. The Morgan fingerprint density at radius 1 is 1.23 bits per heavy atom. The average Bonchev–Trinajstić information content (AvgIpc) is 2.96. The fraction of sp³-hybridized carbons (Fsp3) is 0.235. The molecule has 0 fully saturated rings. The van der Waals surface area contributed by atoms with E-state index in [1.54, 1.807) is 12.1 Å².